The van der Waals surface area contributed by atoms with Crippen molar-refractivity contribution in [3.05, 3.63) is 376 Å². The van der Waals surface area contributed by atoms with Crippen molar-refractivity contribution in [3.8, 4) is 0 Å². The smallest absolute Gasteiger partial charge is 0.252 e. The maximum Gasteiger partial charge on any atom is 0.252 e. The first-order valence-electron chi connectivity index (χ1n) is 31.9. The fraction of sp³-hybridized carbons (Fsp3) is 0. The molecule has 0 bridgehead atoms. The Balaban J connectivity index is 1.03. The number of hydrogen-bond acceptors (Lipinski definition) is 3. The van der Waals surface area contributed by atoms with E-state index in [1.54, 1.807) is 0 Å². The Kier molecular flexibility index (Phi) is 13.7. The third kappa shape index (κ3) is 8.93. The Morgan fingerprint density at radius 3 is 0.837 bits per heavy atom. The van der Waals surface area contributed by atoms with Gasteiger partial charge < -0.3 is 14.7 Å². The van der Waals surface area contributed by atoms with Crippen LogP contribution in [-0.2, 0) is 0 Å². The van der Waals surface area contributed by atoms with Gasteiger partial charge in [-0.25, -0.2) is 0 Å². The molecule has 0 saturated carbocycles. The van der Waals surface area contributed by atoms with Crippen LogP contribution in [0.2, 0.25) is 0 Å². The van der Waals surface area contributed by atoms with Crippen molar-refractivity contribution in [1.82, 2.24) is 0 Å². The number of rotatable bonds is 13. The van der Waals surface area contributed by atoms with E-state index in [0.29, 0.717) is 0 Å². The molecule has 0 saturated heterocycles. The molecule has 3 nitrogen and oxygen atoms in total. The zero-order valence-electron chi connectivity index (χ0n) is 50.7. The van der Waals surface area contributed by atoms with Crippen molar-refractivity contribution in [3.63, 3.8) is 0 Å². The summed E-state index contributed by atoms with van der Waals surface area (Å²) in [7, 11) is -6.17. The first-order valence-corrected chi connectivity index (χ1v) is 35.9. The molecule has 0 radical (unpaired) electrons. The van der Waals surface area contributed by atoms with E-state index in [9.17, 15) is 0 Å². The van der Waals surface area contributed by atoms with Crippen molar-refractivity contribution < 1.29 is 0 Å². The minimum Gasteiger partial charge on any atom is -0.311 e. The van der Waals surface area contributed by atoms with Crippen LogP contribution in [0.3, 0.4) is 0 Å². The average molecular weight is 1200 g/mol. The van der Waals surface area contributed by atoms with Gasteiger partial charge >= 0.3 is 0 Å². The van der Waals surface area contributed by atoms with E-state index in [2.05, 4.69) is 391 Å². The Morgan fingerprint density at radius 1 is 0.217 bits per heavy atom. The van der Waals surface area contributed by atoms with Crippen molar-refractivity contribution in [2.45, 2.75) is 0 Å². The highest BCUT2D eigenvalue weighted by molar-refractivity contribution is 7.20. The van der Waals surface area contributed by atoms with Crippen LogP contribution in [0, 0.1) is 0 Å². The molecule has 0 aliphatic carbocycles. The number of anilines is 9. The summed E-state index contributed by atoms with van der Waals surface area (Å²) in [6.45, 7) is -0.194. The molecule has 2 aliphatic heterocycles. The zero-order valence-corrected chi connectivity index (χ0v) is 52.7. The van der Waals surface area contributed by atoms with Crippen LogP contribution in [0.5, 0.6) is 0 Å². The van der Waals surface area contributed by atoms with Crippen molar-refractivity contribution >= 4 is 153 Å². The maximum atomic E-state index is 2.63. The SMILES string of the molecule is c1ccc(N(c2ccccc2)c2cc3c4c(c2)N(c2ccc5ccccc5c2)c2cc([Si](c5ccccc5)(c5ccccc5)c5ccccc5)ccc2B4c2ccc([Si](c4ccccc4)(c4ccccc4)c4ccccc4)cc2N3c2ccc3ccccc3c2)cc1. The van der Waals surface area contributed by atoms with Gasteiger partial charge in [0.25, 0.3) is 6.71 Å². The molecular weight excluding hydrogens is 1140 g/mol. The molecule has 15 aromatic carbocycles. The van der Waals surface area contributed by atoms with Gasteiger partial charge in [0.15, 0.2) is 16.1 Å². The predicted octanol–water partition coefficient (Wildman–Crippen LogP) is 14.3. The molecule has 6 heteroatoms. The van der Waals surface area contributed by atoms with Crippen LogP contribution in [0.4, 0.5) is 51.2 Å². The summed E-state index contributed by atoms with van der Waals surface area (Å²) in [4.78, 5) is 7.72. The second-order valence-electron chi connectivity index (χ2n) is 24.3. The molecule has 92 heavy (non-hydrogen) atoms. The monoisotopic (exact) mass is 1200 g/mol. The second kappa shape index (κ2) is 22.9. The number of hydrogen-bond donors (Lipinski definition) is 0. The van der Waals surface area contributed by atoms with Crippen LogP contribution in [0.25, 0.3) is 21.5 Å². The zero-order chi connectivity index (χ0) is 61.0. The van der Waals surface area contributed by atoms with Crippen LogP contribution >= 0.6 is 0 Å². The Hall–Kier alpha value is -11.3. The highest BCUT2D eigenvalue weighted by Crippen LogP contribution is 2.49. The molecule has 432 valence electrons. The summed E-state index contributed by atoms with van der Waals surface area (Å²) in [6, 6.07) is 142. The first kappa shape index (κ1) is 54.8. The molecule has 0 aromatic heterocycles. The molecule has 2 heterocycles. The summed E-state index contributed by atoms with van der Waals surface area (Å²) in [5.74, 6) is 0. The van der Waals surface area contributed by atoms with Crippen molar-refractivity contribution in [2.75, 3.05) is 14.7 Å². The molecule has 0 amide bonds. The minimum absolute atomic E-state index is 0.194. The van der Waals surface area contributed by atoms with Crippen molar-refractivity contribution in [1.29, 1.82) is 0 Å². The molecule has 17 rings (SSSR count). The van der Waals surface area contributed by atoms with E-state index in [-0.39, 0.29) is 6.71 Å². The molecule has 15 aromatic rings. The van der Waals surface area contributed by atoms with Gasteiger partial charge in [-0.3, -0.25) is 0 Å². The van der Waals surface area contributed by atoms with E-state index >= 15 is 0 Å². The lowest BCUT2D eigenvalue weighted by Gasteiger charge is -2.46. The minimum atomic E-state index is -3.08. The number of fused-ring (bicyclic) bond motifs is 6. The van der Waals surface area contributed by atoms with E-state index in [0.717, 1.165) is 39.8 Å². The third-order valence-corrected chi connectivity index (χ3v) is 29.0. The summed E-state index contributed by atoms with van der Waals surface area (Å²) in [6.07, 6.45) is 0. The maximum absolute atomic E-state index is 3.08. The number of benzene rings is 15. The highest BCUT2D eigenvalue weighted by atomic mass is 28.3. The lowest BCUT2D eigenvalue weighted by atomic mass is 9.33. The van der Waals surface area contributed by atoms with Gasteiger partial charge in [0, 0.05) is 45.5 Å². The van der Waals surface area contributed by atoms with Gasteiger partial charge in [-0.15, -0.1) is 0 Å². The topological polar surface area (TPSA) is 9.72 Å². The largest absolute Gasteiger partial charge is 0.311 e. The molecule has 0 fully saturated rings. The van der Waals surface area contributed by atoms with Crippen LogP contribution in [0.15, 0.2) is 376 Å². The van der Waals surface area contributed by atoms with Crippen LogP contribution in [0.1, 0.15) is 0 Å². The highest BCUT2D eigenvalue weighted by Gasteiger charge is 2.49. The number of nitrogens with zero attached hydrogens (tertiary/aromatic N) is 3. The normalized spacial score (nSPS) is 12.5. The number of para-hydroxylation sites is 2. The van der Waals surface area contributed by atoms with Crippen LogP contribution < -0.4 is 72.6 Å². The quantitative estimate of drug-likeness (QED) is 0.0841. The van der Waals surface area contributed by atoms with Gasteiger partial charge in [0.1, 0.15) is 0 Å². The van der Waals surface area contributed by atoms with E-state index in [4.69, 9.17) is 0 Å². The molecular formula is C86H62BN3Si2. The second-order valence-corrected chi connectivity index (χ2v) is 31.9. The summed E-state index contributed by atoms with van der Waals surface area (Å²) in [5.41, 5.74) is 13.8. The summed E-state index contributed by atoms with van der Waals surface area (Å²) >= 11 is 0. The Bertz CT molecular complexity index is 4660. The van der Waals surface area contributed by atoms with E-state index in [1.165, 1.54) is 90.8 Å². The predicted molar refractivity (Wildman–Crippen MR) is 397 cm³/mol. The first-order chi connectivity index (χ1) is 45.6. The van der Waals surface area contributed by atoms with E-state index < -0.39 is 16.1 Å². The van der Waals surface area contributed by atoms with Gasteiger partial charge in [-0.05, 0) is 152 Å². The van der Waals surface area contributed by atoms with Crippen molar-refractivity contribution in [2.24, 2.45) is 0 Å². The van der Waals surface area contributed by atoms with E-state index in [1.807, 2.05) is 0 Å². The average Bonchev–Trinajstić information content (AvgIpc) is 0.693. The molecule has 0 atom stereocenters. The standard InChI is InChI=1S/C86H62BN3Si2/c1-9-33-67(34-10-1)88(68-35-11-2-12-36-68)71-59-84-86-85(60-71)90(70-52-50-64-30-26-28-32-66(64)58-70)83-62-79(92(75-43-19-6-20-44-75,76-45-21-7-22-46-76)77-47-23-8-24-48-77)54-56-81(83)87(86)80-55-53-78(61-82(80)89(84)69-51-49-63-29-25-27-31-65(63)57-69)91(72-37-13-3-14-38-72,73-39-15-4-16-40-73)74-41-17-5-18-42-74/h1-62H. The fourth-order valence-corrected chi connectivity index (χ4v) is 25.0. The molecule has 0 unspecified atom stereocenters. The molecule has 0 N–H and O–H groups in total. The Labute approximate surface area is 540 Å². The lowest BCUT2D eigenvalue weighted by molar-refractivity contribution is 1.23. The van der Waals surface area contributed by atoms with Gasteiger partial charge in [0.05, 0.1) is 5.69 Å². The molecule has 2 aliphatic rings. The fourth-order valence-electron chi connectivity index (χ4n) is 15.5. The van der Waals surface area contributed by atoms with Gasteiger partial charge in [-0.1, -0.05) is 303 Å². The summed E-state index contributed by atoms with van der Waals surface area (Å²) in [5, 5.41) is 15.4. The summed E-state index contributed by atoms with van der Waals surface area (Å²) < 4.78 is 0. The third-order valence-electron chi connectivity index (χ3n) is 19.4. The van der Waals surface area contributed by atoms with Crippen LogP contribution in [-0.4, -0.2) is 22.9 Å². The Morgan fingerprint density at radius 2 is 0.511 bits per heavy atom. The molecule has 0 spiro atoms. The van der Waals surface area contributed by atoms with Gasteiger partial charge in [0.2, 0.25) is 0 Å². The van der Waals surface area contributed by atoms with Gasteiger partial charge in [-0.2, -0.15) is 0 Å². The lowest BCUT2D eigenvalue weighted by Crippen LogP contribution is -2.75.